The van der Waals surface area contributed by atoms with Crippen molar-refractivity contribution in [3.8, 4) is 0 Å². The Balaban J connectivity index is 1.19. The molecule has 2 fully saturated rings. The molecule has 3 nitrogen and oxygen atoms in total. The monoisotopic (exact) mass is 442 g/mol. The molecule has 6 heteroatoms. The van der Waals surface area contributed by atoms with Gasteiger partial charge in [0.1, 0.15) is 17.5 Å². The minimum Gasteiger partial charge on any atom is -0.350 e. The predicted octanol–water partition coefficient (Wildman–Crippen LogP) is 5.28. The molecule has 0 radical (unpaired) electrons. The van der Waals surface area contributed by atoms with E-state index in [2.05, 4.69) is 10.2 Å². The molecule has 1 amide bonds. The molecule has 1 aliphatic carbocycles. The third-order valence-corrected chi connectivity index (χ3v) is 6.62. The fraction of sp³-hybridized carbons (Fsp3) is 0.423. The minimum atomic E-state index is -0.663. The summed E-state index contributed by atoms with van der Waals surface area (Å²) in [5, 5.41) is 3.01. The maximum absolute atomic E-state index is 13.5. The molecule has 1 saturated heterocycles. The van der Waals surface area contributed by atoms with Crippen molar-refractivity contribution < 1.29 is 18.0 Å². The van der Waals surface area contributed by atoms with E-state index in [4.69, 9.17) is 0 Å². The number of likely N-dealkylation sites (tertiary alicyclic amines) is 1. The normalized spacial score (nSPS) is 22.5. The zero-order valence-electron chi connectivity index (χ0n) is 18.1. The van der Waals surface area contributed by atoms with E-state index in [-0.39, 0.29) is 17.8 Å². The molecule has 0 bridgehead atoms. The van der Waals surface area contributed by atoms with Gasteiger partial charge in [0, 0.05) is 24.7 Å². The molecule has 0 aromatic heterocycles. The number of benzene rings is 2. The van der Waals surface area contributed by atoms with Crippen LogP contribution in [0.1, 0.15) is 49.1 Å². The zero-order chi connectivity index (χ0) is 22.5. The molecule has 4 rings (SSSR count). The van der Waals surface area contributed by atoms with Crippen molar-refractivity contribution in [1.29, 1.82) is 0 Å². The first-order valence-corrected chi connectivity index (χ1v) is 11.4. The number of carbonyl (C=O) groups excluding carboxylic acids is 1. The number of carbonyl (C=O) groups is 1. The summed E-state index contributed by atoms with van der Waals surface area (Å²) in [5.74, 6) is -0.756. The van der Waals surface area contributed by atoms with E-state index >= 15 is 0 Å². The Kier molecular flexibility index (Phi) is 7.30. The van der Waals surface area contributed by atoms with Gasteiger partial charge in [-0.1, -0.05) is 12.1 Å². The third-order valence-electron chi connectivity index (χ3n) is 6.62. The first-order valence-electron chi connectivity index (χ1n) is 11.4. The molecule has 1 N–H and O–H groups in total. The summed E-state index contributed by atoms with van der Waals surface area (Å²) >= 11 is 0. The summed E-state index contributed by atoms with van der Waals surface area (Å²) in [5.41, 5.74) is 1.42. The van der Waals surface area contributed by atoms with Crippen LogP contribution in [-0.2, 0) is 4.79 Å². The molecule has 1 aliphatic heterocycles. The summed E-state index contributed by atoms with van der Waals surface area (Å²) in [7, 11) is 0. The number of hydrogen-bond acceptors (Lipinski definition) is 2. The molecule has 1 saturated carbocycles. The highest BCUT2D eigenvalue weighted by Gasteiger charge is 2.29. The molecule has 2 atom stereocenters. The third kappa shape index (κ3) is 6.22. The van der Waals surface area contributed by atoms with Gasteiger partial charge in [0.25, 0.3) is 0 Å². The summed E-state index contributed by atoms with van der Waals surface area (Å²) in [6.07, 6.45) is 7.81. The van der Waals surface area contributed by atoms with Crippen LogP contribution in [0.2, 0.25) is 0 Å². The number of piperidine rings is 1. The Labute approximate surface area is 187 Å². The number of nitrogens with one attached hydrogen (secondary N) is 1. The Hall–Kier alpha value is -2.60. The van der Waals surface area contributed by atoms with Crippen LogP contribution >= 0.6 is 0 Å². The summed E-state index contributed by atoms with van der Waals surface area (Å²) < 4.78 is 40.0. The van der Waals surface area contributed by atoms with Crippen LogP contribution in [0.3, 0.4) is 0 Å². The number of nitrogens with zero attached hydrogens (tertiary/aromatic N) is 1. The van der Waals surface area contributed by atoms with Crippen LogP contribution in [0.5, 0.6) is 0 Å². The van der Waals surface area contributed by atoms with Crippen LogP contribution in [0.15, 0.2) is 48.5 Å². The highest BCUT2D eigenvalue weighted by Crippen LogP contribution is 2.31. The molecule has 0 unspecified atom stereocenters. The van der Waals surface area contributed by atoms with E-state index in [1.807, 2.05) is 6.07 Å². The average molecular weight is 443 g/mol. The maximum atomic E-state index is 13.5. The fourth-order valence-electron chi connectivity index (χ4n) is 5.04. The fourth-order valence-corrected chi connectivity index (χ4v) is 5.04. The SMILES string of the molecule is O=C(/C=C/c1cc(F)cc(F)c1)N[C@@H]1CC[C@H](CN2CCC(c3cccc(F)c3)CC2)C1. The van der Waals surface area contributed by atoms with Gasteiger partial charge in [0.2, 0.25) is 5.91 Å². The Morgan fingerprint density at radius 3 is 2.44 bits per heavy atom. The van der Waals surface area contributed by atoms with Gasteiger partial charge >= 0.3 is 0 Å². The summed E-state index contributed by atoms with van der Waals surface area (Å²) in [4.78, 5) is 14.7. The average Bonchev–Trinajstić information content (AvgIpc) is 3.19. The summed E-state index contributed by atoms with van der Waals surface area (Å²) in [6, 6.07) is 10.3. The Bertz CT molecular complexity index is 949. The number of rotatable bonds is 6. The van der Waals surface area contributed by atoms with Gasteiger partial charge in [-0.05, 0) is 98.5 Å². The van der Waals surface area contributed by atoms with Crippen LogP contribution in [0.25, 0.3) is 6.08 Å². The number of amides is 1. The van der Waals surface area contributed by atoms with Crippen molar-refractivity contribution in [2.24, 2.45) is 5.92 Å². The molecule has 170 valence electrons. The smallest absolute Gasteiger partial charge is 0.244 e. The van der Waals surface area contributed by atoms with E-state index in [0.717, 1.165) is 63.4 Å². The molecule has 2 aliphatic rings. The number of halogens is 3. The summed E-state index contributed by atoms with van der Waals surface area (Å²) in [6.45, 7) is 3.06. The second-order valence-electron chi connectivity index (χ2n) is 9.05. The minimum absolute atomic E-state index is 0.131. The lowest BCUT2D eigenvalue weighted by Gasteiger charge is -2.33. The lowest BCUT2D eigenvalue weighted by atomic mass is 9.89. The molecule has 2 aromatic rings. The van der Waals surface area contributed by atoms with Crippen molar-refractivity contribution in [3.63, 3.8) is 0 Å². The van der Waals surface area contributed by atoms with Gasteiger partial charge in [0.15, 0.2) is 0 Å². The quantitative estimate of drug-likeness (QED) is 0.618. The highest BCUT2D eigenvalue weighted by molar-refractivity contribution is 5.91. The highest BCUT2D eigenvalue weighted by atomic mass is 19.1. The zero-order valence-corrected chi connectivity index (χ0v) is 18.1. The standard InChI is InChI=1S/C26H29F3N2O/c27-22-3-1-2-21(15-22)20-8-10-31(11-9-20)17-19-4-6-25(14-19)30-26(32)7-5-18-12-23(28)16-24(29)13-18/h1-3,5,7,12-13,15-16,19-20,25H,4,6,8-11,14,17H2,(H,30,32)/b7-5+/t19-,25+/m0/s1. The van der Waals surface area contributed by atoms with Crippen molar-refractivity contribution in [2.75, 3.05) is 19.6 Å². The van der Waals surface area contributed by atoms with E-state index in [9.17, 15) is 18.0 Å². The molecule has 1 heterocycles. The van der Waals surface area contributed by atoms with Gasteiger partial charge in [-0.25, -0.2) is 13.2 Å². The van der Waals surface area contributed by atoms with Crippen LogP contribution in [0.4, 0.5) is 13.2 Å². The molecular weight excluding hydrogens is 413 g/mol. The molecule has 2 aromatic carbocycles. The van der Waals surface area contributed by atoms with Gasteiger partial charge in [-0.3, -0.25) is 4.79 Å². The van der Waals surface area contributed by atoms with E-state index in [1.54, 1.807) is 12.1 Å². The molecular formula is C26H29F3N2O. The molecule has 0 spiro atoms. The first-order chi connectivity index (χ1) is 15.4. The van der Waals surface area contributed by atoms with Crippen molar-refractivity contribution in [1.82, 2.24) is 10.2 Å². The topological polar surface area (TPSA) is 32.3 Å². The lowest BCUT2D eigenvalue weighted by Crippen LogP contribution is -2.37. The van der Waals surface area contributed by atoms with Crippen molar-refractivity contribution in [2.45, 2.75) is 44.1 Å². The maximum Gasteiger partial charge on any atom is 0.244 e. The second kappa shape index (κ2) is 10.3. The van der Waals surface area contributed by atoms with E-state index < -0.39 is 11.6 Å². The van der Waals surface area contributed by atoms with Gasteiger partial charge < -0.3 is 10.2 Å². The van der Waals surface area contributed by atoms with Crippen molar-refractivity contribution >= 4 is 12.0 Å². The predicted molar refractivity (Wildman–Crippen MR) is 119 cm³/mol. The van der Waals surface area contributed by atoms with Gasteiger partial charge in [0.05, 0.1) is 0 Å². The first kappa shape index (κ1) is 22.6. The largest absolute Gasteiger partial charge is 0.350 e. The second-order valence-corrected chi connectivity index (χ2v) is 9.05. The Morgan fingerprint density at radius 2 is 1.72 bits per heavy atom. The van der Waals surface area contributed by atoms with Crippen LogP contribution < -0.4 is 5.32 Å². The lowest BCUT2D eigenvalue weighted by molar-refractivity contribution is -0.117. The van der Waals surface area contributed by atoms with Crippen LogP contribution in [-0.4, -0.2) is 36.5 Å². The molecule has 32 heavy (non-hydrogen) atoms. The number of hydrogen-bond donors (Lipinski definition) is 1. The Morgan fingerprint density at radius 1 is 0.969 bits per heavy atom. The van der Waals surface area contributed by atoms with E-state index in [0.29, 0.717) is 17.4 Å². The van der Waals surface area contributed by atoms with Gasteiger partial charge in [-0.15, -0.1) is 0 Å². The van der Waals surface area contributed by atoms with Gasteiger partial charge in [-0.2, -0.15) is 0 Å². The van der Waals surface area contributed by atoms with Crippen molar-refractivity contribution in [3.05, 3.63) is 77.1 Å². The van der Waals surface area contributed by atoms with E-state index in [1.165, 1.54) is 30.4 Å². The van der Waals surface area contributed by atoms with Crippen LogP contribution in [0, 0.1) is 23.4 Å².